The van der Waals surface area contributed by atoms with Crippen molar-refractivity contribution in [3.05, 3.63) is 71.3 Å². The highest BCUT2D eigenvalue weighted by atomic mass is 16.3. The van der Waals surface area contributed by atoms with Crippen LogP contribution in [0.15, 0.2) is 54.6 Å². The van der Waals surface area contributed by atoms with E-state index in [1.807, 2.05) is 13.0 Å². The SMILES string of the molecule is Cc1ccc(C(Cc2ccccc2)NCC(C)O)cc1. The van der Waals surface area contributed by atoms with Gasteiger partial charge in [-0.15, -0.1) is 0 Å². The lowest BCUT2D eigenvalue weighted by Crippen LogP contribution is -2.30. The molecule has 20 heavy (non-hydrogen) atoms. The second-order valence-electron chi connectivity index (χ2n) is 5.41. The maximum Gasteiger partial charge on any atom is 0.0636 e. The van der Waals surface area contributed by atoms with Crippen molar-refractivity contribution in [2.75, 3.05) is 6.54 Å². The van der Waals surface area contributed by atoms with Crippen LogP contribution in [0.25, 0.3) is 0 Å². The Kier molecular flexibility index (Phi) is 5.33. The van der Waals surface area contributed by atoms with Crippen LogP contribution in [0.1, 0.15) is 29.7 Å². The molecule has 0 fully saturated rings. The van der Waals surface area contributed by atoms with E-state index in [0.29, 0.717) is 6.54 Å². The van der Waals surface area contributed by atoms with Gasteiger partial charge in [-0.3, -0.25) is 0 Å². The van der Waals surface area contributed by atoms with Crippen LogP contribution in [0.3, 0.4) is 0 Å². The summed E-state index contributed by atoms with van der Waals surface area (Å²) in [7, 11) is 0. The molecule has 0 aromatic heterocycles. The highest BCUT2D eigenvalue weighted by Gasteiger charge is 2.12. The topological polar surface area (TPSA) is 32.3 Å². The molecule has 2 N–H and O–H groups in total. The predicted octanol–water partition coefficient (Wildman–Crippen LogP) is 3.25. The van der Waals surface area contributed by atoms with E-state index in [9.17, 15) is 5.11 Å². The Morgan fingerprint density at radius 1 is 1.00 bits per heavy atom. The molecule has 0 saturated carbocycles. The summed E-state index contributed by atoms with van der Waals surface area (Å²) in [6, 6.07) is 19.3. The van der Waals surface area contributed by atoms with Crippen molar-refractivity contribution in [1.29, 1.82) is 0 Å². The number of benzene rings is 2. The summed E-state index contributed by atoms with van der Waals surface area (Å²) < 4.78 is 0. The van der Waals surface area contributed by atoms with Crippen LogP contribution in [0.4, 0.5) is 0 Å². The normalized spacial score (nSPS) is 13.9. The van der Waals surface area contributed by atoms with Crippen molar-refractivity contribution in [2.45, 2.75) is 32.4 Å². The second kappa shape index (κ2) is 7.22. The van der Waals surface area contributed by atoms with Gasteiger partial charge in [0.15, 0.2) is 0 Å². The minimum atomic E-state index is -0.335. The molecule has 0 aliphatic carbocycles. The maximum atomic E-state index is 9.50. The van der Waals surface area contributed by atoms with Crippen molar-refractivity contribution in [1.82, 2.24) is 5.32 Å². The van der Waals surface area contributed by atoms with E-state index in [2.05, 4.69) is 60.8 Å². The van der Waals surface area contributed by atoms with Gasteiger partial charge in [0, 0.05) is 12.6 Å². The summed E-state index contributed by atoms with van der Waals surface area (Å²) in [5.41, 5.74) is 3.83. The summed E-state index contributed by atoms with van der Waals surface area (Å²) in [4.78, 5) is 0. The van der Waals surface area contributed by atoms with E-state index in [1.165, 1.54) is 16.7 Å². The van der Waals surface area contributed by atoms with Gasteiger partial charge in [0.2, 0.25) is 0 Å². The molecule has 2 rings (SSSR count). The van der Waals surface area contributed by atoms with Crippen LogP contribution < -0.4 is 5.32 Å². The zero-order valence-electron chi connectivity index (χ0n) is 12.2. The molecule has 2 heteroatoms. The molecule has 2 unspecified atom stereocenters. The van der Waals surface area contributed by atoms with Gasteiger partial charge in [-0.25, -0.2) is 0 Å². The molecule has 106 valence electrons. The fourth-order valence-electron chi connectivity index (χ4n) is 2.27. The third-order valence-corrected chi connectivity index (χ3v) is 3.42. The Labute approximate surface area is 121 Å². The largest absolute Gasteiger partial charge is 0.392 e. The van der Waals surface area contributed by atoms with Gasteiger partial charge in [-0.05, 0) is 31.4 Å². The van der Waals surface area contributed by atoms with Crippen molar-refractivity contribution in [3.8, 4) is 0 Å². The summed E-state index contributed by atoms with van der Waals surface area (Å²) >= 11 is 0. The monoisotopic (exact) mass is 269 g/mol. The highest BCUT2D eigenvalue weighted by molar-refractivity contribution is 5.26. The summed E-state index contributed by atoms with van der Waals surface area (Å²) in [5.74, 6) is 0. The maximum absolute atomic E-state index is 9.50. The van der Waals surface area contributed by atoms with E-state index in [-0.39, 0.29) is 12.1 Å². The molecule has 0 bridgehead atoms. The summed E-state index contributed by atoms with van der Waals surface area (Å²) in [6.45, 7) is 4.51. The zero-order valence-corrected chi connectivity index (χ0v) is 12.2. The van der Waals surface area contributed by atoms with Gasteiger partial charge in [0.05, 0.1) is 6.10 Å². The first kappa shape index (κ1) is 14.8. The number of aryl methyl sites for hydroxylation is 1. The minimum absolute atomic E-state index is 0.229. The van der Waals surface area contributed by atoms with Crippen molar-refractivity contribution in [3.63, 3.8) is 0 Å². The molecule has 0 amide bonds. The standard InChI is InChI=1S/C18H23NO/c1-14-8-10-17(11-9-14)18(19-13-15(2)20)12-16-6-4-3-5-7-16/h3-11,15,18-20H,12-13H2,1-2H3. The highest BCUT2D eigenvalue weighted by Crippen LogP contribution is 2.19. The Hall–Kier alpha value is -1.64. The number of aliphatic hydroxyl groups excluding tert-OH is 1. The Morgan fingerprint density at radius 3 is 2.25 bits per heavy atom. The molecule has 0 radical (unpaired) electrons. The quantitative estimate of drug-likeness (QED) is 0.843. The molecule has 0 spiro atoms. The van der Waals surface area contributed by atoms with Gasteiger partial charge in [0.1, 0.15) is 0 Å². The molecule has 0 heterocycles. The number of rotatable bonds is 6. The molecule has 2 aromatic carbocycles. The van der Waals surface area contributed by atoms with Crippen molar-refractivity contribution >= 4 is 0 Å². The van der Waals surface area contributed by atoms with Gasteiger partial charge in [-0.1, -0.05) is 60.2 Å². The van der Waals surface area contributed by atoms with Crippen molar-refractivity contribution in [2.24, 2.45) is 0 Å². The number of hydrogen-bond acceptors (Lipinski definition) is 2. The van der Waals surface area contributed by atoms with Gasteiger partial charge in [-0.2, -0.15) is 0 Å². The molecule has 0 aliphatic heterocycles. The second-order valence-corrected chi connectivity index (χ2v) is 5.41. The van der Waals surface area contributed by atoms with Gasteiger partial charge < -0.3 is 10.4 Å². The fourth-order valence-corrected chi connectivity index (χ4v) is 2.27. The van der Waals surface area contributed by atoms with Crippen LogP contribution >= 0.6 is 0 Å². The first-order valence-corrected chi connectivity index (χ1v) is 7.17. The van der Waals surface area contributed by atoms with Crippen LogP contribution in [0, 0.1) is 6.92 Å². The Bertz CT molecular complexity index is 505. The summed E-state index contributed by atoms with van der Waals surface area (Å²) in [6.07, 6.45) is 0.593. The van der Waals surface area contributed by atoms with E-state index < -0.39 is 0 Å². The fraction of sp³-hybridized carbons (Fsp3) is 0.333. The number of nitrogens with one attached hydrogen (secondary N) is 1. The molecule has 0 saturated heterocycles. The zero-order chi connectivity index (χ0) is 14.4. The predicted molar refractivity (Wildman–Crippen MR) is 83.7 cm³/mol. The number of aliphatic hydroxyl groups is 1. The molecule has 0 aliphatic rings. The van der Waals surface area contributed by atoms with Crippen LogP contribution in [0.5, 0.6) is 0 Å². The van der Waals surface area contributed by atoms with E-state index >= 15 is 0 Å². The Morgan fingerprint density at radius 2 is 1.65 bits per heavy atom. The Balaban J connectivity index is 2.13. The average Bonchev–Trinajstić information content (AvgIpc) is 2.45. The van der Waals surface area contributed by atoms with Crippen molar-refractivity contribution < 1.29 is 5.11 Å². The number of hydrogen-bond donors (Lipinski definition) is 2. The van der Waals surface area contributed by atoms with E-state index in [0.717, 1.165) is 6.42 Å². The molecular weight excluding hydrogens is 246 g/mol. The minimum Gasteiger partial charge on any atom is -0.392 e. The third kappa shape index (κ3) is 4.48. The lowest BCUT2D eigenvalue weighted by atomic mass is 9.98. The smallest absolute Gasteiger partial charge is 0.0636 e. The van der Waals surface area contributed by atoms with E-state index in [4.69, 9.17) is 0 Å². The molecule has 2 nitrogen and oxygen atoms in total. The first-order chi connectivity index (χ1) is 9.65. The third-order valence-electron chi connectivity index (χ3n) is 3.42. The lowest BCUT2D eigenvalue weighted by Gasteiger charge is -2.20. The van der Waals surface area contributed by atoms with E-state index in [1.54, 1.807) is 0 Å². The average molecular weight is 269 g/mol. The molecule has 2 aromatic rings. The first-order valence-electron chi connectivity index (χ1n) is 7.17. The van der Waals surface area contributed by atoms with Gasteiger partial charge in [0.25, 0.3) is 0 Å². The lowest BCUT2D eigenvalue weighted by molar-refractivity contribution is 0.186. The van der Waals surface area contributed by atoms with Gasteiger partial charge >= 0.3 is 0 Å². The molecule has 2 atom stereocenters. The molecular formula is C18H23NO. The summed E-state index contributed by atoms with van der Waals surface area (Å²) in [5, 5.41) is 12.9. The van der Waals surface area contributed by atoms with Crippen LogP contribution in [-0.4, -0.2) is 17.8 Å². The van der Waals surface area contributed by atoms with Crippen LogP contribution in [0.2, 0.25) is 0 Å². The van der Waals surface area contributed by atoms with Crippen LogP contribution in [-0.2, 0) is 6.42 Å².